The smallest absolute Gasteiger partial charge is 0.319 e. The zero-order chi connectivity index (χ0) is 18.4. The molecule has 1 aliphatic rings. The van der Waals surface area contributed by atoms with Crippen LogP contribution < -0.4 is 5.32 Å². The molecule has 0 bridgehead atoms. The van der Waals surface area contributed by atoms with Crippen LogP contribution in [0.3, 0.4) is 0 Å². The molecule has 6 heteroatoms. The van der Waals surface area contributed by atoms with E-state index in [1.54, 1.807) is 13.0 Å². The minimum Gasteiger partial charge on any atom is -0.465 e. The number of rotatable bonds is 6. The van der Waals surface area contributed by atoms with Gasteiger partial charge in [0.1, 0.15) is 5.92 Å². The zero-order valence-corrected chi connectivity index (χ0v) is 15.1. The maximum absolute atomic E-state index is 12.6. The number of allylic oxidation sites excluding steroid dienone is 1. The first-order valence-corrected chi connectivity index (χ1v) is 8.94. The van der Waals surface area contributed by atoms with E-state index in [-0.39, 0.29) is 6.61 Å². The number of benzene rings is 1. The SMILES string of the molecule is C=CCSC1=C(C#N)[C@@H](c2ccccc2C)[C@@H](C(=O)OCC)C(=O)N1. The molecule has 1 N–H and O–H groups in total. The van der Waals surface area contributed by atoms with E-state index in [0.717, 1.165) is 11.1 Å². The second-order valence-electron chi connectivity index (χ2n) is 5.51. The third-order valence-corrected chi connectivity index (χ3v) is 4.95. The minimum atomic E-state index is -1.08. The number of nitrogens with one attached hydrogen (secondary N) is 1. The molecule has 2 rings (SSSR count). The summed E-state index contributed by atoms with van der Waals surface area (Å²) < 4.78 is 5.10. The Hall–Kier alpha value is -2.52. The molecule has 1 aromatic carbocycles. The Kier molecular flexibility index (Phi) is 6.43. The Morgan fingerprint density at radius 1 is 1.48 bits per heavy atom. The Balaban J connectivity index is 2.62. The van der Waals surface area contributed by atoms with Gasteiger partial charge in [-0.2, -0.15) is 5.26 Å². The number of ether oxygens (including phenoxy) is 1. The van der Waals surface area contributed by atoms with E-state index in [2.05, 4.69) is 18.0 Å². The Morgan fingerprint density at radius 3 is 2.80 bits per heavy atom. The lowest BCUT2D eigenvalue weighted by atomic mass is 9.77. The number of nitrogens with zero attached hydrogens (tertiary/aromatic N) is 1. The van der Waals surface area contributed by atoms with Gasteiger partial charge in [0.2, 0.25) is 5.91 Å². The standard InChI is InChI=1S/C19H20N2O3S/c1-4-10-25-18-14(11-20)15(13-9-7-6-8-12(13)3)16(17(22)21-18)19(23)24-5-2/h4,6-9,15-16H,1,5,10H2,2-3H3,(H,21,22)/t15-,16-/m1/s1. The predicted octanol–water partition coefficient (Wildman–Crippen LogP) is 3.04. The van der Waals surface area contributed by atoms with Crippen LogP contribution in [0.1, 0.15) is 24.0 Å². The number of hydrogen-bond donors (Lipinski definition) is 1. The molecule has 0 aliphatic carbocycles. The number of esters is 1. The van der Waals surface area contributed by atoms with Crippen molar-refractivity contribution in [2.24, 2.45) is 5.92 Å². The molecular weight excluding hydrogens is 336 g/mol. The van der Waals surface area contributed by atoms with Crippen LogP contribution in [0.15, 0.2) is 47.5 Å². The van der Waals surface area contributed by atoms with Crippen molar-refractivity contribution in [3.8, 4) is 6.07 Å². The number of thioether (sulfide) groups is 1. The van der Waals surface area contributed by atoms with Crippen molar-refractivity contribution in [2.75, 3.05) is 12.4 Å². The molecule has 0 radical (unpaired) electrons. The number of carbonyl (C=O) groups is 2. The van der Waals surface area contributed by atoms with Crippen LogP contribution in [0.2, 0.25) is 0 Å². The van der Waals surface area contributed by atoms with Crippen LogP contribution >= 0.6 is 11.8 Å². The van der Waals surface area contributed by atoms with Gasteiger partial charge >= 0.3 is 5.97 Å². The highest BCUT2D eigenvalue weighted by atomic mass is 32.2. The fourth-order valence-electron chi connectivity index (χ4n) is 2.84. The van der Waals surface area contributed by atoms with Gasteiger partial charge < -0.3 is 10.1 Å². The van der Waals surface area contributed by atoms with Crippen molar-refractivity contribution >= 4 is 23.6 Å². The quantitative estimate of drug-likeness (QED) is 0.481. The fraction of sp³-hybridized carbons (Fsp3) is 0.316. The topological polar surface area (TPSA) is 79.2 Å². The molecular formula is C19H20N2O3S. The van der Waals surface area contributed by atoms with E-state index in [4.69, 9.17) is 4.74 Å². The van der Waals surface area contributed by atoms with E-state index in [0.29, 0.717) is 16.4 Å². The van der Waals surface area contributed by atoms with E-state index < -0.39 is 23.7 Å². The maximum Gasteiger partial charge on any atom is 0.319 e. The molecule has 0 saturated heterocycles. The molecule has 0 fully saturated rings. The third-order valence-electron chi connectivity index (χ3n) is 3.94. The van der Waals surface area contributed by atoms with Gasteiger partial charge in [-0.05, 0) is 25.0 Å². The van der Waals surface area contributed by atoms with E-state index in [1.807, 2.05) is 31.2 Å². The van der Waals surface area contributed by atoms with Crippen molar-refractivity contribution in [2.45, 2.75) is 19.8 Å². The van der Waals surface area contributed by atoms with E-state index in [9.17, 15) is 14.9 Å². The molecule has 0 aromatic heterocycles. The van der Waals surface area contributed by atoms with Crippen molar-refractivity contribution in [3.05, 3.63) is 58.6 Å². The highest BCUT2D eigenvalue weighted by molar-refractivity contribution is 8.03. The summed E-state index contributed by atoms with van der Waals surface area (Å²) in [6.07, 6.45) is 1.69. The van der Waals surface area contributed by atoms with Crippen molar-refractivity contribution in [1.29, 1.82) is 5.26 Å². The molecule has 1 aliphatic heterocycles. The number of hydrogen-bond acceptors (Lipinski definition) is 5. The molecule has 2 atom stereocenters. The van der Waals surface area contributed by atoms with Crippen LogP contribution in [-0.4, -0.2) is 24.2 Å². The van der Waals surface area contributed by atoms with Gasteiger partial charge in [-0.15, -0.1) is 18.3 Å². The van der Waals surface area contributed by atoms with E-state index in [1.165, 1.54) is 11.8 Å². The first-order valence-electron chi connectivity index (χ1n) is 7.96. The van der Waals surface area contributed by atoms with E-state index >= 15 is 0 Å². The van der Waals surface area contributed by atoms with Gasteiger partial charge in [-0.25, -0.2) is 0 Å². The summed E-state index contributed by atoms with van der Waals surface area (Å²) >= 11 is 1.32. The molecule has 0 unspecified atom stereocenters. The van der Waals surface area contributed by atoms with Crippen LogP contribution in [0, 0.1) is 24.2 Å². The second kappa shape index (κ2) is 8.54. The van der Waals surface area contributed by atoms with Gasteiger partial charge in [-0.3, -0.25) is 9.59 Å². The van der Waals surface area contributed by atoms with Crippen LogP contribution in [-0.2, 0) is 14.3 Å². The van der Waals surface area contributed by atoms with Gasteiger partial charge in [0, 0.05) is 11.7 Å². The Bertz CT molecular complexity index is 764. The van der Waals surface area contributed by atoms with Gasteiger partial charge in [-0.1, -0.05) is 30.3 Å². The molecule has 1 heterocycles. The summed E-state index contributed by atoms with van der Waals surface area (Å²) in [7, 11) is 0. The average molecular weight is 356 g/mol. The van der Waals surface area contributed by atoms with Gasteiger partial charge in [0.15, 0.2) is 0 Å². The summed E-state index contributed by atoms with van der Waals surface area (Å²) in [5.74, 6) is -2.26. The highest BCUT2D eigenvalue weighted by Gasteiger charge is 2.44. The highest BCUT2D eigenvalue weighted by Crippen LogP contribution is 2.41. The lowest BCUT2D eigenvalue weighted by Gasteiger charge is -2.31. The molecule has 5 nitrogen and oxygen atoms in total. The molecule has 25 heavy (non-hydrogen) atoms. The summed E-state index contributed by atoms with van der Waals surface area (Å²) in [5, 5.41) is 12.9. The fourth-order valence-corrected chi connectivity index (χ4v) is 3.62. The molecule has 130 valence electrons. The molecule has 1 aromatic rings. The van der Waals surface area contributed by atoms with Crippen molar-refractivity contribution < 1.29 is 14.3 Å². The summed E-state index contributed by atoms with van der Waals surface area (Å²) in [4.78, 5) is 25.1. The lowest BCUT2D eigenvalue weighted by Crippen LogP contribution is -2.44. The summed E-state index contributed by atoms with van der Waals surface area (Å²) in [6, 6.07) is 9.65. The molecule has 1 amide bonds. The number of aryl methyl sites for hydroxylation is 1. The minimum absolute atomic E-state index is 0.173. The lowest BCUT2D eigenvalue weighted by molar-refractivity contribution is -0.152. The molecule has 0 spiro atoms. The van der Waals surface area contributed by atoms with Crippen LogP contribution in [0.5, 0.6) is 0 Å². The monoisotopic (exact) mass is 356 g/mol. The van der Waals surface area contributed by atoms with Gasteiger partial charge in [0.05, 0.1) is 23.3 Å². The summed E-state index contributed by atoms with van der Waals surface area (Å²) in [5.41, 5.74) is 2.07. The van der Waals surface area contributed by atoms with Crippen molar-refractivity contribution in [1.82, 2.24) is 5.32 Å². The first kappa shape index (κ1) is 18.8. The molecule has 0 saturated carbocycles. The summed E-state index contributed by atoms with van der Waals surface area (Å²) in [6.45, 7) is 7.42. The largest absolute Gasteiger partial charge is 0.465 e. The number of carbonyl (C=O) groups excluding carboxylic acids is 2. The number of nitriles is 1. The van der Waals surface area contributed by atoms with Gasteiger partial charge in [0.25, 0.3) is 0 Å². The number of amides is 1. The average Bonchev–Trinajstić information content (AvgIpc) is 2.59. The van der Waals surface area contributed by atoms with Crippen molar-refractivity contribution in [3.63, 3.8) is 0 Å². The predicted molar refractivity (Wildman–Crippen MR) is 97.5 cm³/mol. The third kappa shape index (κ3) is 3.94. The van der Waals surface area contributed by atoms with Crippen LogP contribution in [0.4, 0.5) is 0 Å². The zero-order valence-electron chi connectivity index (χ0n) is 14.2. The second-order valence-corrected chi connectivity index (χ2v) is 6.54. The Morgan fingerprint density at radius 2 is 2.20 bits per heavy atom. The Labute approximate surface area is 151 Å². The van der Waals surface area contributed by atoms with Crippen LogP contribution in [0.25, 0.3) is 0 Å². The maximum atomic E-state index is 12.6. The first-order chi connectivity index (χ1) is 12.0. The normalized spacial score (nSPS) is 19.8.